The molecule has 0 aromatic heterocycles. The molecule has 3 unspecified atom stereocenters. The summed E-state index contributed by atoms with van der Waals surface area (Å²) in [5, 5.41) is 0. The highest BCUT2D eigenvalue weighted by Crippen LogP contribution is 2.31. The van der Waals surface area contributed by atoms with Crippen molar-refractivity contribution in [2.24, 2.45) is 17.6 Å². The molecular weight excluding hydrogens is 224 g/mol. The number of ether oxygens (including phenoxy) is 1. The standard InChI is InChI=1S/C15H24N2O/c1-11-9-17(10-12(11)2)15(8-16)13-5-4-6-14(7-13)18-3/h4-7,11-12,15H,8-10,16H2,1-3H3. The number of likely N-dealkylation sites (tertiary alicyclic amines) is 1. The van der Waals surface area contributed by atoms with E-state index < -0.39 is 0 Å². The van der Waals surface area contributed by atoms with Crippen molar-refractivity contribution in [1.29, 1.82) is 0 Å². The normalized spacial score (nSPS) is 26.2. The Balaban J connectivity index is 2.17. The number of benzene rings is 1. The van der Waals surface area contributed by atoms with E-state index in [0.29, 0.717) is 12.6 Å². The molecule has 2 N–H and O–H groups in total. The molecule has 1 saturated heterocycles. The lowest BCUT2D eigenvalue weighted by Gasteiger charge is -2.27. The topological polar surface area (TPSA) is 38.5 Å². The highest BCUT2D eigenvalue weighted by Gasteiger charge is 2.31. The van der Waals surface area contributed by atoms with Crippen molar-refractivity contribution in [3.8, 4) is 5.75 Å². The monoisotopic (exact) mass is 248 g/mol. The summed E-state index contributed by atoms with van der Waals surface area (Å²) in [7, 11) is 1.70. The minimum atomic E-state index is 0.312. The van der Waals surface area contributed by atoms with Crippen LogP contribution in [-0.4, -0.2) is 31.6 Å². The second kappa shape index (κ2) is 5.72. The van der Waals surface area contributed by atoms with E-state index in [0.717, 1.165) is 30.7 Å². The van der Waals surface area contributed by atoms with Gasteiger partial charge in [0.15, 0.2) is 0 Å². The average Bonchev–Trinajstić information content (AvgIpc) is 2.70. The Labute approximate surface area is 110 Å². The van der Waals surface area contributed by atoms with Crippen molar-refractivity contribution in [2.75, 3.05) is 26.7 Å². The minimum Gasteiger partial charge on any atom is -0.497 e. The lowest BCUT2D eigenvalue weighted by Crippen LogP contribution is -2.32. The predicted octanol–water partition coefficient (Wildman–Crippen LogP) is 2.28. The van der Waals surface area contributed by atoms with Crippen LogP contribution in [0.3, 0.4) is 0 Å². The average molecular weight is 248 g/mol. The second-order valence-corrected chi connectivity index (χ2v) is 5.44. The Hall–Kier alpha value is -1.06. The van der Waals surface area contributed by atoms with Gasteiger partial charge in [0, 0.05) is 25.7 Å². The lowest BCUT2D eigenvalue weighted by atomic mass is 10.0. The first-order valence-corrected chi connectivity index (χ1v) is 6.73. The van der Waals surface area contributed by atoms with Gasteiger partial charge < -0.3 is 10.5 Å². The van der Waals surface area contributed by atoms with Crippen LogP contribution < -0.4 is 10.5 Å². The number of methoxy groups -OCH3 is 1. The Bertz CT molecular complexity index is 384. The molecule has 0 aliphatic carbocycles. The van der Waals surface area contributed by atoms with Gasteiger partial charge >= 0.3 is 0 Å². The molecular formula is C15H24N2O. The van der Waals surface area contributed by atoms with Gasteiger partial charge in [0.05, 0.1) is 7.11 Å². The maximum atomic E-state index is 5.98. The van der Waals surface area contributed by atoms with Crippen molar-refractivity contribution >= 4 is 0 Å². The SMILES string of the molecule is COc1cccc(C(CN)N2CC(C)C(C)C2)c1. The van der Waals surface area contributed by atoms with E-state index in [1.54, 1.807) is 7.11 Å². The van der Waals surface area contributed by atoms with E-state index in [2.05, 4.69) is 30.9 Å². The zero-order valence-corrected chi connectivity index (χ0v) is 11.6. The van der Waals surface area contributed by atoms with Gasteiger partial charge in [-0.1, -0.05) is 26.0 Å². The van der Waals surface area contributed by atoms with Crippen molar-refractivity contribution < 1.29 is 4.74 Å². The fourth-order valence-corrected chi connectivity index (χ4v) is 2.77. The summed E-state index contributed by atoms with van der Waals surface area (Å²) >= 11 is 0. The molecule has 0 radical (unpaired) electrons. The zero-order valence-electron chi connectivity index (χ0n) is 11.6. The summed E-state index contributed by atoms with van der Waals surface area (Å²) < 4.78 is 5.30. The molecule has 3 heteroatoms. The third kappa shape index (κ3) is 2.68. The summed E-state index contributed by atoms with van der Waals surface area (Å²) in [6.07, 6.45) is 0. The third-order valence-electron chi connectivity index (χ3n) is 4.16. The van der Waals surface area contributed by atoms with Crippen LogP contribution in [0.2, 0.25) is 0 Å². The van der Waals surface area contributed by atoms with Crippen LogP contribution in [0.1, 0.15) is 25.5 Å². The quantitative estimate of drug-likeness (QED) is 0.888. The van der Waals surface area contributed by atoms with Crippen LogP contribution in [0.5, 0.6) is 5.75 Å². The highest BCUT2D eigenvalue weighted by molar-refractivity contribution is 5.31. The Morgan fingerprint density at radius 1 is 1.33 bits per heavy atom. The maximum absolute atomic E-state index is 5.98. The third-order valence-corrected chi connectivity index (χ3v) is 4.16. The molecule has 1 heterocycles. The largest absolute Gasteiger partial charge is 0.497 e. The number of nitrogens with zero attached hydrogens (tertiary/aromatic N) is 1. The predicted molar refractivity (Wildman–Crippen MR) is 74.7 cm³/mol. The van der Waals surface area contributed by atoms with Crippen molar-refractivity contribution in [1.82, 2.24) is 4.90 Å². The first kappa shape index (κ1) is 13.4. The van der Waals surface area contributed by atoms with Gasteiger partial charge in [0.25, 0.3) is 0 Å². The minimum absolute atomic E-state index is 0.312. The van der Waals surface area contributed by atoms with Crippen LogP contribution in [-0.2, 0) is 0 Å². The smallest absolute Gasteiger partial charge is 0.119 e. The van der Waals surface area contributed by atoms with E-state index in [9.17, 15) is 0 Å². The van der Waals surface area contributed by atoms with Crippen LogP contribution in [0.4, 0.5) is 0 Å². The van der Waals surface area contributed by atoms with E-state index in [1.807, 2.05) is 12.1 Å². The number of nitrogens with two attached hydrogens (primary N) is 1. The van der Waals surface area contributed by atoms with Crippen molar-refractivity contribution in [2.45, 2.75) is 19.9 Å². The summed E-state index contributed by atoms with van der Waals surface area (Å²) in [6, 6.07) is 8.58. The molecule has 2 rings (SSSR count). The molecule has 1 aliphatic rings. The second-order valence-electron chi connectivity index (χ2n) is 5.44. The molecule has 0 saturated carbocycles. The van der Waals surface area contributed by atoms with E-state index in [4.69, 9.17) is 10.5 Å². The van der Waals surface area contributed by atoms with Gasteiger partial charge in [-0.3, -0.25) is 4.90 Å². The first-order valence-electron chi connectivity index (χ1n) is 6.73. The van der Waals surface area contributed by atoms with Gasteiger partial charge in [-0.15, -0.1) is 0 Å². The number of hydrogen-bond acceptors (Lipinski definition) is 3. The zero-order chi connectivity index (χ0) is 13.1. The van der Waals surface area contributed by atoms with E-state index in [1.165, 1.54) is 5.56 Å². The molecule has 100 valence electrons. The molecule has 18 heavy (non-hydrogen) atoms. The van der Waals surface area contributed by atoms with Gasteiger partial charge in [0.2, 0.25) is 0 Å². The van der Waals surface area contributed by atoms with Crippen LogP contribution in [0.15, 0.2) is 24.3 Å². The summed E-state index contributed by atoms with van der Waals surface area (Å²) in [5.41, 5.74) is 7.25. The van der Waals surface area contributed by atoms with Gasteiger partial charge in [-0.25, -0.2) is 0 Å². The maximum Gasteiger partial charge on any atom is 0.119 e. The molecule has 0 spiro atoms. The fraction of sp³-hybridized carbons (Fsp3) is 0.600. The first-order chi connectivity index (χ1) is 8.65. The molecule has 1 aromatic rings. The summed E-state index contributed by atoms with van der Waals surface area (Å²) in [6.45, 7) is 7.58. The van der Waals surface area contributed by atoms with Gasteiger partial charge in [-0.2, -0.15) is 0 Å². The van der Waals surface area contributed by atoms with E-state index >= 15 is 0 Å². The number of rotatable bonds is 4. The Kier molecular flexibility index (Phi) is 4.25. The Morgan fingerprint density at radius 2 is 2.00 bits per heavy atom. The van der Waals surface area contributed by atoms with Crippen LogP contribution in [0.25, 0.3) is 0 Å². The van der Waals surface area contributed by atoms with E-state index in [-0.39, 0.29) is 0 Å². The summed E-state index contributed by atoms with van der Waals surface area (Å²) in [4.78, 5) is 2.50. The molecule has 1 aliphatic heterocycles. The molecule has 1 fully saturated rings. The molecule has 1 aromatic carbocycles. The summed E-state index contributed by atoms with van der Waals surface area (Å²) in [5.74, 6) is 2.42. The number of hydrogen-bond donors (Lipinski definition) is 1. The van der Waals surface area contributed by atoms with Crippen LogP contribution in [0, 0.1) is 11.8 Å². The lowest BCUT2D eigenvalue weighted by molar-refractivity contribution is 0.239. The highest BCUT2D eigenvalue weighted by atomic mass is 16.5. The Morgan fingerprint density at radius 3 is 2.56 bits per heavy atom. The fourth-order valence-electron chi connectivity index (χ4n) is 2.77. The van der Waals surface area contributed by atoms with Gasteiger partial charge in [0.1, 0.15) is 5.75 Å². The van der Waals surface area contributed by atoms with Crippen molar-refractivity contribution in [3.05, 3.63) is 29.8 Å². The molecule has 0 amide bonds. The molecule has 3 atom stereocenters. The van der Waals surface area contributed by atoms with Crippen molar-refractivity contribution in [3.63, 3.8) is 0 Å². The van der Waals surface area contributed by atoms with Crippen LogP contribution >= 0.6 is 0 Å². The molecule has 3 nitrogen and oxygen atoms in total. The molecule has 0 bridgehead atoms. The van der Waals surface area contributed by atoms with Gasteiger partial charge in [-0.05, 0) is 29.5 Å².